The lowest BCUT2D eigenvalue weighted by Crippen LogP contribution is -2.38. The van der Waals surface area contributed by atoms with Crippen LogP contribution in [-0.2, 0) is 0 Å². The molecule has 1 unspecified atom stereocenters. The Kier molecular flexibility index (Phi) is 3.93. The molecule has 1 saturated heterocycles. The molecule has 1 saturated carbocycles. The third-order valence-electron chi connectivity index (χ3n) is 4.56. The van der Waals surface area contributed by atoms with Gasteiger partial charge in [0.2, 0.25) is 5.95 Å². The van der Waals surface area contributed by atoms with Crippen LogP contribution >= 0.6 is 0 Å². The van der Waals surface area contributed by atoms with Crippen molar-refractivity contribution >= 4 is 11.9 Å². The summed E-state index contributed by atoms with van der Waals surface area (Å²) in [6.07, 6.45) is 7.00. The van der Waals surface area contributed by atoms with Gasteiger partial charge in [-0.15, -0.1) is 0 Å². The van der Waals surface area contributed by atoms with Gasteiger partial charge in [0.05, 0.1) is 6.10 Å². The van der Waals surface area contributed by atoms with Crippen LogP contribution in [0.1, 0.15) is 29.4 Å². The van der Waals surface area contributed by atoms with Crippen LogP contribution in [0.25, 0.3) is 0 Å². The summed E-state index contributed by atoms with van der Waals surface area (Å²) in [5.41, 5.74) is 0.717. The standard InChI is InChI=1S/C17H21N5O2/c23-14-11-20(9-10-21(12-14)17-18-6-2-7-19-17)16(24)15-3-1-8-22(15)13-4-5-13/h1-3,6-8,13-14,23H,4-5,9-12H2. The number of carbonyl (C=O) groups excluding carboxylic acids is 1. The zero-order valence-electron chi connectivity index (χ0n) is 13.5. The summed E-state index contributed by atoms with van der Waals surface area (Å²) in [6, 6.07) is 6.02. The zero-order chi connectivity index (χ0) is 16.5. The maximum atomic E-state index is 12.9. The average molecular weight is 327 g/mol. The van der Waals surface area contributed by atoms with Gasteiger partial charge in [-0.25, -0.2) is 9.97 Å². The molecule has 0 radical (unpaired) electrons. The molecule has 126 valence electrons. The van der Waals surface area contributed by atoms with Gasteiger partial charge >= 0.3 is 0 Å². The number of amides is 1. The van der Waals surface area contributed by atoms with Crippen molar-refractivity contribution in [2.45, 2.75) is 25.0 Å². The van der Waals surface area contributed by atoms with E-state index < -0.39 is 6.10 Å². The Labute approximate surface area is 140 Å². The number of aliphatic hydroxyl groups excluding tert-OH is 1. The summed E-state index contributed by atoms with van der Waals surface area (Å²) < 4.78 is 2.07. The zero-order valence-corrected chi connectivity index (χ0v) is 13.5. The molecule has 1 aliphatic carbocycles. The fourth-order valence-electron chi connectivity index (χ4n) is 3.22. The van der Waals surface area contributed by atoms with Crippen molar-refractivity contribution in [3.63, 3.8) is 0 Å². The predicted molar refractivity (Wildman–Crippen MR) is 88.9 cm³/mol. The maximum absolute atomic E-state index is 12.9. The van der Waals surface area contributed by atoms with Gasteiger partial charge in [-0.3, -0.25) is 4.79 Å². The van der Waals surface area contributed by atoms with Crippen LogP contribution < -0.4 is 4.90 Å². The molecule has 2 aliphatic rings. The first-order valence-electron chi connectivity index (χ1n) is 8.38. The van der Waals surface area contributed by atoms with Crippen molar-refractivity contribution in [2.75, 3.05) is 31.1 Å². The summed E-state index contributed by atoms with van der Waals surface area (Å²) in [5, 5.41) is 10.3. The Hall–Kier alpha value is -2.41. The second-order valence-corrected chi connectivity index (χ2v) is 6.43. The Morgan fingerprint density at radius 3 is 2.67 bits per heavy atom. The topological polar surface area (TPSA) is 74.5 Å². The molecule has 0 aromatic carbocycles. The van der Waals surface area contributed by atoms with E-state index in [1.54, 1.807) is 23.4 Å². The number of aromatic nitrogens is 3. The maximum Gasteiger partial charge on any atom is 0.270 e. The van der Waals surface area contributed by atoms with E-state index in [4.69, 9.17) is 0 Å². The lowest BCUT2D eigenvalue weighted by Gasteiger charge is -2.22. The molecule has 4 rings (SSSR count). The highest BCUT2D eigenvalue weighted by Gasteiger charge is 2.31. The molecule has 1 amide bonds. The van der Waals surface area contributed by atoms with Crippen LogP contribution in [0.15, 0.2) is 36.8 Å². The molecule has 1 atom stereocenters. The van der Waals surface area contributed by atoms with Gasteiger partial charge in [0.1, 0.15) is 5.69 Å². The Balaban J connectivity index is 1.50. The van der Waals surface area contributed by atoms with Crippen LogP contribution in [0.4, 0.5) is 5.95 Å². The van der Waals surface area contributed by atoms with E-state index in [1.165, 1.54) is 0 Å². The lowest BCUT2D eigenvalue weighted by atomic mass is 10.3. The third-order valence-corrected chi connectivity index (χ3v) is 4.56. The van der Waals surface area contributed by atoms with Crippen molar-refractivity contribution in [3.8, 4) is 0 Å². The van der Waals surface area contributed by atoms with E-state index in [0.717, 1.165) is 12.8 Å². The molecular formula is C17H21N5O2. The molecule has 7 heteroatoms. The number of anilines is 1. The fraction of sp³-hybridized carbons (Fsp3) is 0.471. The molecule has 2 aromatic heterocycles. The number of hydrogen-bond acceptors (Lipinski definition) is 5. The highest BCUT2D eigenvalue weighted by atomic mass is 16.3. The van der Waals surface area contributed by atoms with Crippen LogP contribution in [0, 0.1) is 0 Å². The van der Waals surface area contributed by atoms with Gasteiger partial charge in [0.15, 0.2) is 0 Å². The highest BCUT2D eigenvalue weighted by molar-refractivity contribution is 5.93. The minimum Gasteiger partial charge on any atom is -0.389 e. The number of β-amino-alcohol motifs (C(OH)–C–C–N with tert-alkyl or cyclic N) is 1. The minimum atomic E-state index is -0.621. The summed E-state index contributed by atoms with van der Waals surface area (Å²) in [7, 11) is 0. The Morgan fingerprint density at radius 1 is 1.12 bits per heavy atom. The van der Waals surface area contributed by atoms with Crippen LogP contribution in [0.3, 0.4) is 0 Å². The first-order chi connectivity index (χ1) is 11.7. The molecule has 3 heterocycles. The van der Waals surface area contributed by atoms with Gasteiger partial charge in [-0.2, -0.15) is 0 Å². The van der Waals surface area contributed by atoms with Crippen molar-refractivity contribution in [3.05, 3.63) is 42.5 Å². The SMILES string of the molecule is O=C(c1cccn1C1CC1)N1CCN(c2ncccn2)CC(O)C1. The Morgan fingerprint density at radius 2 is 1.92 bits per heavy atom. The Bertz CT molecular complexity index is 713. The molecule has 1 N–H and O–H groups in total. The quantitative estimate of drug-likeness (QED) is 0.908. The number of aliphatic hydroxyl groups is 1. The van der Waals surface area contributed by atoms with Gasteiger partial charge in [-0.1, -0.05) is 0 Å². The van der Waals surface area contributed by atoms with E-state index in [2.05, 4.69) is 14.5 Å². The van der Waals surface area contributed by atoms with Crippen LogP contribution in [-0.4, -0.2) is 62.7 Å². The number of rotatable bonds is 3. The summed E-state index contributed by atoms with van der Waals surface area (Å²) in [6.45, 7) is 1.91. The normalized spacial score (nSPS) is 21.6. The molecular weight excluding hydrogens is 306 g/mol. The molecule has 2 fully saturated rings. The van der Waals surface area contributed by atoms with Gasteiger partial charge in [-0.05, 0) is 31.0 Å². The third kappa shape index (κ3) is 2.99. The van der Waals surface area contributed by atoms with E-state index in [9.17, 15) is 9.90 Å². The van der Waals surface area contributed by atoms with Crippen molar-refractivity contribution in [1.29, 1.82) is 0 Å². The minimum absolute atomic E-state index is 0.0122. The van der Waals surface area contributed by atoms with Crippen molar-refractivity contribution < 1.29 is 9.90 Å². The molecule has 1 aliphatic heterocycles. The highest BCUT2D eigenvalue weighted by Crippen LogP contribution is 2.36. The smallest absolute Gasteiger partial charge is 0.270 e. The molecule has 0 spiro atoms. The second kappa shape index (κ2) is 6.24. The number of nitrogens with zero attached hydrogens (tertiary/aromatic N) is 5. The van der Waals surface area contributed by atoms with E-state index in [0.29, 0.717) is 43.9 Å². The largest absolute Gasteiger partial charge is 0.389 e. The van der Waals surface area contributed by atoms with E-state index in [1.807, 2.05) is 23.2 Å². The molecule has 24 heavy (non-hydrogen) atoms. The molecule has 0 bridgehead atoms. The first-order valence-corrected chi connectivity index (χ1v) is 8.38. The summed E-state index contributed by atoms with van der Waals surface area (Å²) in [4.78, 5) is 25.0. The van der Waals surface area contributed by atoms with Crippen molar-refractivity contribution in [2.24, 2.45) is 0 Å². The van der Waals surface area contributed by atoms with Crippen molar-refractivity contribution in [1.82, 2.24) is 19.4 Å². The monoisotopic (exact) mass is 327 g/mol. The van der Waals surface area contributed by atoms with E-state index >= 15 is 0 Å². The average Bonchev–Trinajstić information content (AvgIpc) is 3.37. The van der Waals surface area contributed by atoms with Gasteiger partial charge in [0, 0.05) is 50.8 Å². The van der Waals surface area contributed by atoms with Crippen LogP contribution in [0.5, 0.6) is 0 Å². The van der Waals surface area contributed by atoms with E-state index in [-0.39, 0.29) is 5.91 Å². The van der Waals surface area contributed by atoms with Gasteiger partial charge < -0.3 is 19.5 Å². The number of carbonyl (C=O) groups is 1. The lowest BCUT2D eigenvalue weighted by molar-refractivity contribution is 0.0663. The molecule has 2 aromatic rings. The predicted octanol–water partition coefficient (Wildman–Crippen LogP) is 0.936. The first kappa shape index (κ1) is 15.1. The summed E-state index contributed by atoms with van der Waals surface area (Å²) >= 11 is 0. The van der Waals surface area contributed by atoms with Gasteiger partial charge in [0.25, 0.3) is 5.91 Å². The van der Waals surface area contributed by atoms with Crippen LogP contribution in [0.2, 0.25) is 0 Å². The summed E-state index contributed by atoms with van der Waals surface area (Å²) in [5.74, 6) is 0.578. The number of hydrogen-bond donors (Lipinski definition) is 1. The molecule has 7 nitrogen and oxygen atoms in total. The second-order valence-electron chi connectivity index (χ2n) is 6.43. The fourth-order valence-corrected chi connectivity index (χ4v) is 3.22.